The quantitative estimate of drug-likeness (QED) is 0.255. The number of nitrogens with one attached hydrogen (secondary N) is 2. The summed E-state index contributed by atoms with van der Waals surface area (Å²) in [7, 11) is 0. The summed E-state index contributed by atoms with van der Waals surface area (Å²) in [6.45, 7) is 1.82. The molecular formula is C18H21F4IN4O. The summed E-state index contributed by atoms with van der Waals surface area (Å²) < 4.78 is 54.2. The van der Waals surface area contributed by atoms with E-state index in [0.29, 0.717) is 24.6 Å². The number of aromatic nitrogens is 1. The van der Waals surface area contributed by atoms with Crippen LogP contribution in [-0.2, 0) is 13.1 Å². The molecule has 0 spiro atoms. The predicted octanol–water partition coefficient (Wildman–Crippen LogP) is 4.04. The van der Waals surface area contributed by atoms with Crippen LogP contribution >= 0.6 is 24.0 Å². The third-order valence-electron chi connectivity index (χ3n) is 3.32. The highest BCUT2D eigenvalue weighted by atomic mass is 127. The maximum absolute atomic E-state index is 12.9. The molecule has 2 N–H and O–H groups in total. The molecule has 0 saturated heterocycles. The molecule has 2 rings (SSSR count). The second kappa shape index (κ2) is 11.7. The Hall–Kier alpha value is -2.11. The second-order valence-electron chi connectivity index (χ2n) is 5.58. The van der Waals surface area contributed by atoms with Crippen LogP contribution in [0.25, 0.3) is 0 Å². The van der Waals surface area contributed by atoms with Crippen LogP contribution < -0.4 is 15.4 Å². The smallest absolute Gasteiger partial charge is 0.422 e. The van der Waals surface area contributed by atoms with Crippen LogP contribution in [0.1, 0.15) is 18.1 Å². The fourth-order valence-corrected chi connectivity index (χ4v) is 2.08. The molecule has 1 heterocycles. The van der Waals surface area contributed by atoms with Gasteiger partial charge in [0.05, 0.1) is 6.54 Å². The number of alkyl halides is 3. The van der Waals surface area contributed by atoms with Gasteiger partial charge < -0.3 is 15.4 Å². The molecule has 0 aliphatic carbocycles. The van der Waals surface area contributed by atoms with E-state index in [0.717, 1.165) is 5.56 Å². The van der Waals surface area contributed by atoms with E-state index in [1.165, 1.54) is 24.4 Å². The highest BCUT2D eigenvalue weighted by Crippen LogP contribution is 2.17. The van der Waals surface area contributed by atoms with E-state index >= 15 is 0 Å². The highest BCUT2D eigenvalue weighted by molar-refractivity contribution is 14.0. The molecule has 0 aliphatic heterocycles. The average Bonchev–Trinajstić information content (AvgIpc) is 2.63. The monoisotopic (exact) mass is 512 g/mol. The average molecular weight is 512 g/mol. The van der Waals surface area contributed by atoms with Crippen molar-refractivity contribution in [3.05, 3.63) is 59.5 Å². The Morgan fingerprint density at radius 2 is 1.82 bits per heavy atom. The van der Waals surface area contributed by atoms with Gasteiger partial charge in [-0.25, -0.2) is 14.4 Å². The highest BCUT2D eigenvalue weighted by Gasteiger charge is 2.28. The molecule has 0 fully saturated rings. The standard InChI is InChI=1S/C18H20F4N4O.HI/c1-2-23-17(25-10-13-3-5-15(19)6-4-13)26-11-14-7-8-24-16(9-14)27-12-18(20,21)22;/h3-9H,2,10-12H2,1H3,(H2,23,25,26);1H. The van der Waals surface area contributed by atoms with Gasteiger partial charge in [0.2, 0.25) is 5.88 Å². The van der Waals surface area contributed by atoms with Gasteiger partial charge in [-0.1, -0.05) is 12.1 Å². The summed E-state index contributed by atoms with van der Waals surface area (Å²) in [6, 6.07) is 9.14. The van der Waals surface area contributed by atoms with Crippen molar-refractivity contribution in [3.63, 3.8) is 0 Å². The van der Waals surface area contributed by atoms with E-state index in [1.807, 2.05) is 6.92 Å². The van der Waals surface area contributed by atoms with Crippen molar-refractivity contribution in [1.29, 1.82) is 0 Å². The number of benzene rings is 1. The van der Waals surface area contributed by atoms with E-state index in [1.54, 1.807) is 18.2 Å². The van der Waals surface area contributed by atoms with Gasteiger partial charge in [-0.05, 0) is 36.2 Å². The van der Waals surface area contributed by atoms with E-state index in [-0.39, 0.29) is 42.2 Å². The number of hydrogen-bond donors (Lipinski definition) is 2. The Labute approximate surface area is 177 Å². The summed E-state index contributed by atoms with van der Waals surface area (Å²) in [5.41, 5.74) is 1.54. The lowest BCUT2D eigenvalue weighted by Crippen LogP contribution is -2.36. The fourth-order valence-electron chi connectivity index (χ4n) is 2.08. The van der Waals surface area contributed by atoms with Crippen LogP contribution in [0.15, 0.2) is 47.6 Å². The summed E-state index contributed by atoms with van der Waals surface area (Å²) in [5, 5.41) is 6.17. The lowest BCUT2D eigenvalue weighted by atomic mass is 10.2. The van der Waals surface area contributed by atoms with Gasteiger partial charge >= 0.3 is 6.18 Å². The molecule has 10 heteroatoms. The van der Waals surface area contributed by atoms with Crippen molar-refractivity contribution in [2.24, 2.45) is 4.99 Å². The number of nitrogens with zero attached hydrogens (tertiary/aromatic N) is 2. The van der Waals surface area contributed by atoms with Gasteiger partial charge in [-0.15, -0.1) is 24.0 Å². The Bertz CT molecular complexity index is 754. The van der Waals surface area contributed by atoms with Crippen LogP contribution in [0.3, 0.4) is 0 Å². The third kappa shape index (κ3) is 9.20. The van der Waals surface area contributed by atoms with E-state index in [9.17, 15) is 17.6 Å². The maximum Gasteiger partial charge on any atom is 0.422 e. The van der Waals surface area contributed by atoms with Gasteiger partial charge in [-0.3, -0.25) is 0 Å². The van der Waals surface area contributed by atoms with Crippen LogP contribution in [0.5, 0.6) is 5.88 Å². The van der Waals surface area contributed by atoms with Gasteiger partial charge in [-0.2, -0.15) is 13.2 Å². The Kier molecular flexibility index (Phi) is 9.97. The van der Waals surface area contributed by atoms with Gasteiger partial charge in [0.15, 0.2) is 12.6 Å². The first-order valence-electron chi connectivity index (χ1n) is 8.27. The van der Waals surface area contributed by atoms with Crippen LogP contribution in [0.4, 0.5) is 17.6 Å². The van der Waals surface area contributed by atoms with Crippen molar-refractivity contribution in [3.8, 4) is 5.88 Å². The largest absolute Gasteiger partial charge is 0.468 e. The molecule has 0 radical (unpaired) electrons. The van der Waals surface area contributed by atoms with E-state index in [2.05, 4.69) is 25.3 Å². The number of hydrogen-bond acceptors (Lipinski definition) is 3. The minimum atomic E-state index is -4.42. The number of ether oxygens (including phenoxy) is 1. The number of aliphatic imine (C=N–C) groups is 1. The zero-order valence-corrected chi connectivity index (χ0v) is 17.4. The van der Waals surface area contributed by atoms with Gasteiger partial charge in [0.1, 0.15) is 5.82 Å². The lowest BCUT2D eigenvalue weighted by Gasteiger charge is -2.12. The number of pyridine rings is 1. The fraction of sp³-hybridized carbons (Fsp3) is 0.333. The summed E-state index contributed by atoms with van der Waals surface area (Å²) in [4.78, 5) is 8.14. The van der Waals surface area contributed by atoms with Crippen LogP contribution in [0.2, 0.25) is 0 Å². The number of halogens is 5. The number of rotatable bonds is 7. The molecule has 154 valence electrons. The second-order valence-corrected chi connectivity index (χ2v) is 5.58. The van der Waals surface area contributed by atoms with Crippen molar-refractivity contribution < 1.29 is 22.3 Å². The molecule has 1 aromatic carbocycles. The number of guanidine groups is 1. The molecule has 0 saturated carbocycles. The molecule has 0 aliphatic rings. The molecule has 5 nitrogen and oxygen atoms in total. The van der Waals surface area contributed by atoms with Crippen molar-refractivity contribution in [2.45, 2.75) is 26.2 Å². The molecule has 2 aromatic rings. The first-order valence-corrected chi connectivity index (χ1v) is 8.27. The zero-order valence-electron chi connectivity index (χ0n) is 15.1. The zero-order chi connectivity index (χ0) is 19.7. The first-order chi connectivity index (χ1) is 12.9. The molecule has 0 unspecified atom stereocenters. The molecule has 0 atom stereocenters. The normalized spacial score (nSPS) is 11.5. The van der Waals surface area contributed by atoms with E-state index in [4.69, 9.17) is 0 Å². The summed E-state index contributed by atoms with van der Waals surface area (Å²) >= 11 is 0. The third-order valence-corrected chi connectivity index (χ3v) is 3.32. The first kappa shape index (κ1) is 23.9. The molecule has 0 bridgehead atoms. The SMILES string of the molecule is CCNC(=NCc1ccnc(OCC(F)(F)F)c1)NCc1ccc(F)cc1.I. The molecule has 28 heavy (non-hydrogen) atoms. The van der Waals surface area contributed by atoms with Gasteiger partial charge in [0, 0.05) is 25.4 Å². The minimum absolute atomic E-state index is 0. The summed E-state index contributed by atoms with van der Waals surface area (Å²) in [5.74, 6) is 0.112. The Morgan fingerprint density at radius 1 is 1.11 bits per heavy atom. The topological polar surface area (TPSA) is 58.5 Å². The Balaban J connectivity index is 0.00000392. The van der Waals surface area contributed by atoms with Crippen molar-refractivity contribution in [2.75, 3.05) is 13.2 Å². The maximum atomic E-state index is 12.9. The summed E-state index contributed by atoms with van der Waals surface area (Å²) in [6.07, 6.45) is -3.05. The molecule has 1 aromatic heterocycles. The lowest BCUT2D eigenvalue weighted by molar-refractivity contribution is -0.154. The minimum Gasteiger partial charge on any atom is -0.468 e. The molecule has 0 amide bonds. The van der Waals surface area contributed by atoms with Crippen LogP contribution in [-0.4, -0.2) is 30.3 Å². The van der Waals surface area contributed by atoms with Gasteiger partial charge in [0.25, 0.3) is 0 Å². The molecular weight excluding hydrogens is 491 g/mol. The predicted molar refractivity (Wildman–Crippen MR) is 109 cm³/mol. The van der Waals surface area contributed by atoms with Crippen molar-refractivity contribution >= 4 is 29.9 Å². The van der Waals surface area contributed by atoms with Crippen molar-refractivity contribution in [1.82, 2.24) is 15.6 Å². The van der Waals surface area contributed by atoms with Crippen LogP contribution in [0, 0.1) is 5.82 Å². The Morgan fingerprint density at radius 3 is 2.46 bits per heavy atom. The van der Waals surface area contributed by atoms with E-state index < -0.39 is 12.8 Å².